The van der Waals surface area contributed by atoms with Crippen molar-refractivity contribution in [2.75, 3.05) is 14.1 Å². The summed E-state index contributed by atoms with van der Waals surface area (Å²) in [5.74, 6) is 1.27. The Kier molecular flexibility index (Phi) is 8.13. The Hall–Kier alpha value is -1.14. The molecule has 38 heavy (non-hydrogen) atoms. The molecule has 0 aromatic rings. The van der Waals surface area contributed by atoms with Crippen molar-refractivity contribution in [1.29, 1.82) is 0 Å². The largest absolute Gasteiger partial charge is 0.462 e. The molecule has 2 heterocycles. The van der Waals surface area contributed by atoms with Crippen LogP contribution >= 0.6 is 0 Å². The fourth-order valence-electron chi connectivity index (χ4n) is 8.39. The molecule has 218 valence electrons. The summed E-state index contributed by atoms with van der Waals surface area (Å²) >= 11 is 0. The van der Waals surface area contributed by atoms with Crippen LogP contribution in [0.1, 0.15) is 120 Å². The molecule has 0 radical (unpaired) electrons. The third-order valence-electron chi connectivity index (χ3n) is 11.9. The summed E-state index contributed by atoms with van der Waals surface area (Å²) in [6.45, 7) is 17.6. The van der Waals surface area contributed by atoms with E-state index in [9.17, 15) is 9.59 Å². The van der Waals surface area contributed by atoms with Gasteiger partial charge in [0, 0.05) is 22.2 Å². The first-order chi connectivity index (χ1) is 17.5. The predicted molar refractivity (Wildman–Crippen MR) is 152 cm³/mol. The van der Waals surface area contributed by atoms with E-state index in [0.29, 0.717) is 11.8 Å². The number of nitrogens with zero attached hydrogens (tertiary/aromatic N) is 2. The van der Waals surface area contributed by atoms with Gasteiger partial charge in [-0.2, -0.15) is 0 Å². The minimum Gasteiger partial charge on any atom is -0.462 e. The summed E-state index contributed by atoms with van der Waals surface area (Å²) in [5.41, 5.74) is -0.338. The highest BCUT2D eigenvalue weighted by Crippen LogP contribution is 2.47. The maximum atomic E-state index is 13.2. The van der Waals surface area contributed by atoms with E-state index < -0.39 is 0 Å². The summed E-state index contributed by atoms with van der Waals surface area (Å²) < 4.78 is 12.2. The lowest BCUT2D eigenvalue weighted by atomic mass is 9.72. The van der Waals surface area contributed by atoms with Gasteiger partial charge in [-0.15, -0.1) is 0 Å². The first-order valence-electron chi connectivity index (χ1n) is 15.4. The van der Waals surface area contributed by atoms with Gasteiger partial charge in [-0.05, 0) is 146 Å². The van der Waals surface area contributed by atoms with Gasteiger partial charge >= 0.3 is 11.9 Å². The molecule has 0 aromatic heterocycles. The van der Waals surface area contributed by atoms with Crippen LogP contribution in [-0.4, -0.2) is 70.2 Å². The minimum absolute atomic E-state index is 0.00165. The Morgan fingerprint density at radius 2 is 0.842 bits per heavy atom. The number of hydrogen-bond donors (Lipinski definition) is 0. The Bertz CT molecular complexity index is 806. The predicted octanol–water partition coefficient (Wildman–Crippen LogP) is 6.21. The van der Waals surface area contributed by atoms with Crippen LogP contribution in [0, 0.1) is 23.7 Å². The molecule has 0 aromatic carbocycles. The highest BCUT2D eigenvalue weighted by Gasteiger charge is 2.54. The monoisotopic (exact) mass is 532 g/mol. The number of rotatable bonds is 5. The molecule has 0 bridgehead atoms. The molecule has 2 unspecified atom stereocenters. The lowest BCUT2D eigenvalue weighted by molar-refractivity contribution is -0.161. The molecule has 2 saturated heterocycles. The van der Waals surface area contributed by atoms with Crippen molar-refractivity contribution >= 4 is 11.9 Å². The number of likely N-dealkylation sites (tertiary alicyclic amines) is 2. The summed E-state index contributed by atoms with van der Waals surface area (Å²) in [5, 5.41) is 0. The summed E-state index contributed by atoms with van der Waals surface area (Å²) in [6, 6.07) is 0. The van der Waals surface area contributed by atoms with Crippen molar-refractivity contribution in [2.24, 2.45) is 23.7 Å². The third-order valence-corrected chi connectivity index (χ3v) is 11.9. The first-order valence-corrected chi connectivity index (χ1v) is 15.4. The van der Waals surface area contributed by atoms with Gasteiger partial charge in [0.1, 0.15) is 12.2 Å². The van der Waals surface area contributed by atoms with Crippen molar-refractivity contribution in [1.82, 2.24) is 9.80 Å². The second-order valence-electron chi connectivity index (χ2n) is 15.5. The summed E-state index contributed by atoms with van der Waals surface area (Å²) in [4.78, 5) is 31.0. The molecule has 6 nitrogen and oxygen atoms in total. The number of ether oxygens (including phenoxy) is 2. The Morgan fingerprint density at radius 3 is 1.08 bits per heavy atom. The van der Waals surface area contributed by atoms with E-state index in [0.717, 1.165) is 64.2 Å². The number of carbonyl (C=O) groups is 2. The van der Waals surface area contributed by atoms with Gasteiger partial charge in [-0.3, -0.25) is 19.4 Å². The van der Waals surface area contributed by atoms with E-state index in [1.54, 1.807) is 0 Å². The van der Waals surface area contributed by atoms with E-state index in [-0.39, 0.29) is 58.1 Å². The van der Waals surface area contributed by atoms with Crippen LogP contribution in [0.3, 0.4) is 0 Å². The maximum Gasteiger partial charge on any atom is 0.311 e. The number of carbonyl (C=O) groups excluding carboxylic acids is 2. The van der Waals surface area contributed by atoms with Crippen molar-refractivity contribution in [3.8, 4) is 0 Å². The molecule has 2 atom stereocenters. The summed E-state index contributed by atoms with van der Waals surface area (Å²) in [7, 11) is 4.26. The van der Waals surface area contributed by atoms with Crippen LogP contribution in [0.5, 0.6) is 0 Å². The average Bonchev–Trinajstić information content (AvgIpc) is 3.12. The summed E-state index contributed by atoms with van der Waals surface area (Å²) in [6.07, 6.45) is 10.3. The van der Waals surface area contributed by atoms with Crippen LogP contribution in [-0.2, 0) is 19.1 Å². The molecule has 0 spiro atoms. The van der Waals surface area contributed by atoms with Gasteiger partial charge in [0.25, 0.3) is 0 Å². The van der Waals surface area contributed by atoms with Gasteiger partial charge in [0.2, 0.25) is 0 Å². The highest BCUT2D eigenvalue weighted by atomic mass is 16.5. The smallest absolute Gasteiger partial charge is 0.311 e. The van der Waals surface area contributed by atoms with Gasteiger partial charge in [0.15, 0.2) is 0 Å². The number of esters is 2. The Balaban J connectivity index is 1.20. The molecule has 0 N–H and O–H groups in total. The highest BCUT2D eigenvalue weighted by molar-refractivity contribution is 5.75. The van der Waals surface area contributed by atoms with Crippen molar-refractivity contribution < 1.29 is 19.1 Å². The zero-order valence-corrected chi connectivity index (χ0v) is 26.1. The molecule has 4 fully saturated rings. The quantitative estimate of drug-likeness (QED) is 0.393. The second kappa shape index (κ2) is 10.4. The van der Waals surface area contributed by atoms with Crippen LogP contribution < -0.4 is 0 Å². The topological polar surface area (TPSA) is 59.1 Å². The molecule has 6 heteroatoms. The number of hydrogen-bond acceptors (Lipinski definition) is 6. The standard InChI is InChI=1S/C32H56N2O4/c1-29(2)19-25(31(5,6)33(29)9)27(35)37-23-15-11-21(12-16-23)22-13-17-24(18-14-22)38-28(36)26-20-30(3,4)34(10)32(26,7)8/h21-26H,11-20H2,1-10H3. The van der Waals surface area contributed by atoms with Crippen molar-refractivity contribution in [3.63, 3.8) is 0 Å². The van der Waals surface area contributed by atoms with Crippen molar-refractivity contribution in [3.05, 3.63) is 0 Å². The molecular formula is C32H56N2O4. The molecule has 2 saturated carbocycles. The lowest BCUT2D eigenvalue weighted by Crippen LogP contribution is -2.48. The van der Waals surface area contributed by atoms with Gasteiger partial charge in [-0.1, -0.05) is 0 Å². The first kappa shape index (κ1) is 29.8. The van der Waals surface area contributed by atoms with Gasteiger partial charge in [0.05, 0.1) is 11.8 Å². The molecule has 0 amide bonds. The molecule has 4 rings (SSSR count). The van der Waals surface area contributed by atoms with Gasteiger partial charge in [-0.25, -0.2) is 0 Å². The third kappa shape index (κ3) is 5.55. The Morgan fingerprint density at radius 1 is 0.553 bits per heavy atom. The molecule has 4 aliphatic rings. The molecule has 2 aliphatic carbocycles. The van der Waals surface area contributed by atoms with E-state index in [1.165, 1.54) is 0 Å². The molecule has 2 aliphatic heterocycles. The SMILES string of the molecule is CN1C(C)(C)CC(C(=O)OC2CCC(C3CCC(OC(=O)C4CC(C)(C)N(C)C4(C)C)CC3)CC2)C1(C)C. The molecular weight excluding hydrogens is 476 g/mol. The van der Waals surface area contributed by atoms with Gasteiger partial charge < -0.3 is 9.47 Å². The van der Waals surface area contributed by atoms with Crippen molar-refractivity contribution in [2.45, 2.75) is 154 Å². The zero-order valence-electron chi connectivity index (χ0n) is 26.1. The van der Waals surface area contributed by atoms with E-state index in [2.05, 4.69) is 79.3 Å². The normalized spacial score (nSPS) is 38.6. The minimum atomic E-state index is -0.181. The van der Waals surface area contributed by atoms with E-state index >= 15 is 0 Å². The lowest BCUT2D eigenvalue weighted by Gasteiger charge is -2.39. The van der Waals surface area contributed by atoms with E-state index in [4.69, 9.17) is 9.47 Å². The zero-order chi connectivity index (χ0) is 28.3. The Labute approximate surface area is 232 Å². The van der Waals surface area contributed by atoms with Crippen LogP contribution in [0.2, 0.25) is 0 Å². The fourth-order valence-corrected chi connectivity index (χ4v) is 8.39. The van der Waals surface area contributed by atoms with E-state index in [1.807, 2.05) is 0 Å². The average molecular weight is 533 g/mol. The van der Waals surface area contributed by atoms with Crippen LogP contribution in [0.15, 0.2) is 0 Å². The van der Waals surface area contributed by atoms with Crippen LogP contribution in [0.25, 0.3) is 0 Å². The second-order valence-corrected chi connectivity index (χ2v) is 15.5. The maximum absolute atomic E-state index is 13.2. The fraction of sp³-hybridized carbons (Fsp3) is 0.938. The van der Waals surface area contributed by atoms with Crippen LogP contribution in [0.4, 0.5) is 0 Å².